The van der Waals surface area contributed by atoms with Gasteiger partial charge >= 0.3 is 5.97 Å². The third kappa shape index (κ3) is 2.23. The summed E-state index contributed by atoms with van der Waals surface area (Å²) in [7, 11) is 0. The van der Waals surface area contributed by atoms with Crippen molar-refractivity contribution in [2.24, 2.45) is 5.73 Å². The summed E-state index contributed by atoms with van der Waals surface area (Å²) in [5.41, 5.74) is 6.68. The van der Waals surface area contributed by atoms with E-state index in [2.05, 4.69) is 6.07 Å². The van der Waals surface area contributed by atoms with Crippen molar-refractivity contribution >= 4 is 5.97 Å². The second kappa shape index (κ2) is 4.92. The Hall–Kier alpha value is -2.74. The quantitative estimate of drug-likeness (QED) is 0.805. The van der Waals surface area contributed by atoms with E-state index in [1.165, 1.54) is 0 Å². The molecule has 2 aliphatic heterocycles. The zero-order chi connectivity index (χ0) is 15.9. The Morgan fingerprint density at radius 3 is 2.64 bits per heavy atom. The van der Waals surface area contributed by atoms with E-state index in [1.54, 1.807) is 0 Å². The van der Waals surface area contributed by atoms with Gasteiger partial charge in [-0.25, -0.2) is 4.79 Å². The summed E-state index contributed by atoms with van der Waals surface area (Å²) in [5.74, 6) is -0.453. The van der Waals surface area contributed by atoms with Crippen molar-refractivity contribution in [1.82, 2.24) is 0 Å². The second-order valence-electron chi connectivity index (χ2n) is 6.00. The molecule has 0 aromatic heterocycles. The highest BCUT2D eigenvalue weighted by Gasteiger charge is 2.44. The largest absolute Gasteiger partial charge is 0.456 e. The molecule has 5 nitrogen and oxygen atoms in total. The van der Waals surface area contributed by atoms with Gasteiger partial charge in [0.1, 0.15) is 23.0 Å². The topological polar surface area (TPSA) is 85.3 Å². The fourth-order valence-corrected chi connectivity index (χ4v) is 2.88. The molecular weight excluding hydrogens is 280 g/mol. The fraction of sp³-hybridized carbons (Fsp3) is 0.294. The normalized spacial score (nSPS) is 23.3. The minimum absolute atomic E-state index is 0.0561. The maximum absolute atomic E-state index is 12.5. The summed E-state index contributed by atoms with van der Waals surface area (Å²) < 4.78 is 11.0. The number of ether oxygens (including phenoxy) is 2. The van der Waals surface area contributed by atoms with Crippen LogP contribution in [0.5, 0.6) is 0 Å². The van der Waals surface area contributed by atoms with Gasteiger partial charge in [-0.1, -0.05) is 30.3 Å². The van der Waals surface area contributed by atoms with Crippen molar-refractivity contribution < 1.29 is 14.3 Å². The molecule has 0 radical (unpaired) electrons. The Bertz CT molecular complexity index is 739. The molecule has 1 aromatic carbocycles. The standard InChI is InChI=1S/C17H16N2O3/c1-17(2)8-12-14(16(20)22-17)13(10-6-4-3-5-7-10)11(9-18)15(19)21-12/h3-7,13H,8,19H2,1-2H3. The van der Waals surface area contributed by atoms with Gasteiger partial charge in [-0.2, -0.15) is 5.26 Å². The van der Waals surface area contributed by atoms with Crippen LogP contribution in [-0.4, -0.2) is 11.6 Å². The van der Waals surface area contributed by atoms with Gasteiger partial charge in [-0.15, -0.1) is 0 Å². The number of hydrogen-bond acceptors (Lipinski definition) is 5. The van der Waals surface area contributed by atoms with Gasteiger partial charge in [0.05, 0.1) is 11.5 Å². The van der Waals surface area contributed by atoms with Crippen LogP contribution < -0.4 is 5.73 Å². The molecule has 112 valence electrons. The van der Waals surface area contributed by atoms with E-state index in [4.69, 9.17) is 15.2 Å². The summed E-state index contributed by atoms with van der Waals surface area (Å²) in [6.45, 7) is 3.63. The number of nitriles is 1. The van der Waals surface area contributed by atoms with Crippen LogP contribution in [0.1, 0.15) is 31.7 Å². The van der Waals surface area contributed by atoms with Crippen molar-refractivity contribution in [3.63, 3.8) is 0 Å². The van der Waals surface area contributed by atoms with Crippen LogP contribution in [0.3, 0.4) is 0 Å². The maximum Gasteiger partial charge on any atom is 0.339 e. The van der Waals surface area contributed by atoms with Gasteiger partial charge < -0.3 is 15.2 Å². The Kier molecular flexibility index (Phi) is 3.18. The molecule has 0 saturated heterocycles. The Balaban J connectivity index is 2.18. The summed E-state index contributed by atoms with van der Waals surface area (Å²) in [6, 6.07) is 11.4. The highest BCUT2D eigenvalue weighted by atomic mass is 16.6. The molecule has 2 aliphatic rings. The number of rotatable bonds is 1. The minimum Gasteiger partial charge on any atom is -0.456 e. The second-order valence-corrected chi connectivity index (χ2v) is 6.00. The summed E-state index contributed by atoms with van der Waals surface area (Å²) >= 11 is 0. The van der Waals surface area contributed by atoms with E-state index in [-0.39, 0.29) is 11.5 Å². The highest BCUT2D eigenvalue weighted by molar-refractivity contribution is 5.93. The number of nitrogens with two attached hydrogens (primary N) is 1. The van der Waals surface area contributed by atoms with Gasteiger partial charge in [0, 0.05) is 6.42 Å². The molecule has 0 fully saturated rings. The Labute approximate surface area is 128 Å². The SMILES string of the molecule is CC1(C)CC2=C(C(=O)O1)C(c1ccccc1)C(C#N)=C(N)O2. The number of cyclic esters (lactones) is 1. The van der Waals surface area contributed by atoms with Gasteiger partial charge in [-0.05, 0) is 19.4 Å². The smallest absolute Gasteiger partial charge is 0.339 e. The molecule has 0 saturated carbocycles. The van der Waals surface area contributed by atoms with E-state index in [0.29, 0.717) is 17.8 Å². The lowest BCUT2D eigenvalue weighted by Gasteiger charge is -2.37. The first-order valence-corrected chi connectivity index (χ1v) is 7.02. The zero-order valence-corrected chi connectivity index (χ0v) is 12.4. The van der Waals surface area contributed by atoms with Gasteiger partial charge in [0.25, 0.3) is 0 Å². The molecule has 0 spiro atoms. The molecule has 0 bridgehead atoms. The van der Waals surface area contributed by atoms with Crippen molar-refractivity contribution in [3.05, 3.63) is 58.7 Å². The number of allylic oxidation sites excluding steroid dienone is 1. The average Bonchev–Trinajstić information content (AvgIpc) is 2.45. The third-order valence-corrected chi connectivity index (χ3v) is 3.80. The average molecular weight is 296 g/mol. The maximum atomic E-state index is 12.5. The number of carbonyl (C=O) groups is 1. The molecule has 3 rings (SSSR count). The van der Waals surface area contributed by atoms with Crippen LogP contribution in [0.2, 0.25) is 0 Å². The van der Waals surface area contributed by atoms with Crippen molar-refractivity contribution in [2.75, 3.05) is 0 Å². The first-order valence-electron chi connectivity index (χ1n) is 7.02. The first kappa shape index (κ1) is 14.2. The van der Waals surface area contributed by atoms with Crippen LogP contribution in [0.4, 0.5) is 0 Å². The van der Waals surface area contributed by atoms with Crippen molar-refractivity contribution in [2.45, 2.75) is 31.8 Å². The van der Waals surface area contributed by atoms with Crippen LogP contribution in [0.25, 0.3) is 0 Å². The van der Waals surface area contributed by atoms with Gasteiger partial charge in [0.15, 0.2) is 0 Å². The van der Waals surface area contributed by atoms with Crippen LogP contribution in [0, 0.1) is 11.3 Å². The fourth-order valence-electron chi connectivity index (χ4n) is 2.88. The molecular formula is C17H16N2O3. The predicted octanol–water partition coefficient (Wildman–Crippen LogP) is 2.47. The molecule has 1 atom stereocenters. The molecule has 2 N–H and O–H groups in total. The lowest BCUT2D eigenvalue weighted by molar-refractivity contribution is -0.155. The number of carbonyl (C=O) groups excluding carboxylic acids is 1. The molecule has 22 heavy (non-hydrogen) atoms. The molecule has 0 amide bonds. The Morgan fingerprint density at radius 1 is 1.32 bits per heavy atom. The van der Waals surface area contributed by atoms with Crippen LogP contribution >= 0.6 is 0 Å². The van der Waals surface area contributed by atoms with Crippen LogP contribution in [-0.2, 0) is 14.3 Å². The molecule has 0 aliphatic carbocycles. The molecule has 1 unspecified atom stereocenters. The number of nitrogens with zero attached hydrogens (tertiary/aromatic N) is 1. The third-order valence-electron chi connectivity index (χ3n) is 3.80. The van der Waals surface area contributed by atoms with E-state index >= 15 is 0 Å². The van der Waals surface area contributed by atoms with E-state index in [0.717, 1.165) is 5.56 Å². The zero-order valence-electron chi connectivity index (χ0n) is 12.4. The number of hydrogen-bond donors (Lipinski definition) is 1. The summed E-state index contributed by atoms with van der Waals surface area (Å²) in [5, 5.41) is 9.43. The lowest BCUT2D eigenvalue weighted by atomic mass is 9.80. The molecule has 1 aromatic rings. The summed E-state index contributed by atoms with van der Waals surface area (Å²) in [6.07, 6.45) is 0.427. The minimum atomic E-state index is -0.651. The van der Waals surface area contributed by atoms with Crippen LogP contribution in [0.15, 0.2) is 53.1 Å². The molecule has 5 heteroatoms. The summed E-state index contributed by atoms with van der Waals surface area (Å²) in [4.78, 5) is 12.5. The number of benzene rings is 1. The van der Waals surface area contributed by atoms with E-state index in [1.807, 2.05) is 44.2 Å². The highest BCUT2D eigenvalue weighted by Crippen LogP contribution is 2.44. The number of esters is 1. The first-order chi connectivity index (χ1) is 10.4. The van der Waals surface area contributed by atoms with Gasteiger partial charge in [-0.3, -0.25) is 0 Å². The van der Waals surface area contributed by atoms with E-state index in [9.17, 15) is 10.1 Å². The van der Waals surface area contributed by atoms with Crippen molar-refractivity contribution in [3.8, 4) is 6.07 Å². The lowest BCUT2D eigenvalue weighted by Crippen LogP contribution is -2.39. The van der Waals surface area contributed by atoms with Crippen molar-refractivity contribution in [1.29, 1.82) is 5.26 Å². The molecule has 2 heterocycles. The van der Waals surface area contributed by atoms with E-state index < -0.39 is 17.5 Å². The van der Waals surface area contributed by atoms with Gasteiger partial charge in [0.2, 0.25) is 5.88 Å². The predicted molar refractivity (Wildman–Crippen MR) is 78.9 cm³/mol. The monoisotopic (exact) mass is 296 g/mol. The Morgan fingerprint density at radius 2 is 2.00 bits per heavy atom.